The number of hydrogen-bond donors (Lipinski definition) is 1. The third-order valence-corrected chi connectivity index (χ3v) is 10.8. The zero-order chi connectivity index (χ0) is 33.1. The van der Waals surface area contributed by atoms with Crippen LogP contribution >= 0.6 is 0 Å². The molecule has 5 heterocycles. The molecule has 4 aliphatic rings. The van der Waals surface area contributed by atoms with E-state index in [4.69, 9.17) is 0 Å². The summed E-state index contributed by atoms with van der Waals surface area (Å²) in [6.45, 7) is 11.1. The molecular formula is C36H45F3N6O. The number of pyridine rings is 1. The molecule has 0 radical (unpaired) electrons. The molecule has 2 aromatic heterocycles. The largest absolute Gasteiger partial charge is 0.363 e. The van der Waals surface area contributed by atoms with Gasteiger partial charge in [0.15, 0.2) is 0 Å². The molecule has 0 spiro atoms. The minimum atomic E-state index is -3.37. The molecule has 2 fully saturated rings. The molecule has 1 saturated carbocycles. The zero-order valence-electron chi connectivity index (χ0n) is 27.6. The number of nitrogens with zero attached hydrogens (tertiary/aromatic N) is 5. The van der Waals surface area contributed by atoms with E-state index in [2.05, 4.69) is 26.3 Å². The molecular weight excluding hydrogens is 589 g/mol. The lowest BCUT2D eigenvalue weighted by Gasteiger charge is -2.56. The third-order valence-electron chi connectivity index (χ3n) is 10.8. The summed E-state index contributed by atoms with van der Waals surface area (Å²) in [6, 6.07) is 7.56. The highest BCUT2D eigenvalue weighted by Gasteiger charge is 2.54. The van der Waals surface area contributed by atoms with Gasteiger partial charge in [-0.3, -0.25) is 14.3 Å². The summed E-state index contributed by atoms with van der Waals surface area (Å²) in [5.74, 6) is -4.96. The fourth-order valence-corrected chi connectivity index (χ4v) is 8.31. The predicted octanol–water partition coefficient (Wildman–Crippen LogP) is 7.98. The van der Waals surface area contributed by atoms with Gasteiger partial charge in [0.1, 0.15) is 23.6 Å². The summed E-state index contributed by atoms with van der Waals surface area (Å²) < 4.78 is 50.9. The first kappa shape index (κ1) is 32.5. The number of anilines is 1. The number of piperidine rings is 1. The summed E-state index contributed by atoms with van der Waals surface area (Å²) in [5, 5.41) is 13.8. The first-order valence-electron chi connectivity index (χ1n) is 16.7. The highest BCUT2D eigenvalue weighted by molar-refractivity contribution is 5.87. The number of rotatable bonds is 1. The molecule has 0 amide bonds. The van der Waals surface area contributed by atoms with Crippen LogP contribution in [0.3, 0.4) is 0 Å². The van der Waals surface area contributed by atoms with E-state index < -0.39 is 45.8 Å². The van der Waals surface area contributed by atoms with Crippen molar-refractivity contribution in [2.24, 2.45) is 5.92 Å². The topological polar surface area (TPSA) is 86.8 Å². The minimum absolute atomic E-state index is 0.106. The molecule has 7 rings (SSSR count). The molecule has 1 aliphatic carbocycles. The smallest absolute Gasteiger partial charge is 0.278 e. The number of aryl methyl sites for hydroxylation is 1. The van der Waals surface area contributed by atoms with Crippen LogP contribution in [0, 0.1) is 23.1 Å². The molecule has 1 N–H and O–H groups in total. The maximum Gasteiger partial charge on any atom is 0.278 e. The van der Waals surface area contributed by atoms with Gasteiger partial charge in [-0.2, -0.15) is 5.26 Å². The Morgan fingerprint density at radius 1 is 0.957 bits per heavy atom. The summed E-state index contributed by atoms with van der Waals surface area (Å²) in [4.78, 5) is 25.1. The maximum absolute atomic E-state index is 16.5. The van der Waals surface area contributed by atoms with Crippen LogP contribution in [-0.4, -0.2) is 37.1 Å². The molecule has 3 aromatic rings. The van der Waals surface area contributed by atoms with Crippen molar-refractivity contribution < 1.29 is 13.2 Å². The van der Waals surface area contributed by atoms with Gasteiger partial charge in [0.25, 0.3) is 11.5 Å². The summed E-state index contributed by atoms with van der Waals surface area (Å²) >= 11 is 0. The van der Waals surface area contributed by atoms with E-state index >= 15 is 13.2 Å². The normalized spacial score (nSPS) is 26.9. The Morgan fingerprint density at radius 3 is 2.26 bits per heavy atom. The van der Waals surface area contributed by atoms with Crippen LogP contribution in [0.25, 0.3) is 11.0 Å². The molecule has 1 saturated heterocycles. The van der Waals surface area contributed by atoms with Crippen molar-refractivity contribution in [3.63, 3.8) is 0 Å². The highest BCUT2D eigenvalue weighted by Crippen LogP contribution is 2.52. The van der Waals surface area contributed by atoms with Gasteiger partial charge in [0, 0.05) is 34.7 Å². The van der Waals surface area contributed by atoms with Gasteiger partial charge in [-0.1, -0.05) is 37.5 Å². The van der Waals surface area contributed by atoms with Crippen molar-refractivity contribution >= 4 is 16.9 Å². The van der Waals surface area contributed by atoms with Crippen LogP contribution in [0.4, 0.5) is 19.0 Å². The fraction of sp³-hybridized carbons (Fsp3) is 0.611. The Morgan fingerprint density at radius 2 is 1.61 bits per heavy atom. The van der Waals surface area contributed by atoms with Crippen molar-refractivity contribution in [1.82, 2.24) is 19.4 Å². The average Bonchev–Trinajstić information content (AvgIpc) is 3.78. The van der Waals surface area contributed by atoms with Gasteiger partial charge in [0.05, 0.1) is 28.5 Å². The number of benzene rings is 1. The van der Waals surface area contributed by atoms with Crippen LogP contribution in [0.1, 0.15) is 115 Å². The van der Waals surface area contributed by atoms with Crippen molar-refractivity contribution in [2.45, 2.75) is 127 Å². The summed E-state index contributed by atoms with van der Waals surface area (Å²) in [7, 11) is 0. The lowest BCUT2D eigenvalue weighted by atomic mass is 9.70. The highest BCUT2D eigenvalue weighted by atomic mass is 19.3. The number of halogens is 3. The number of alkyl halides is 2. The fourth-order valence-electron chi connectivity index (χ4n) is 8.31. The molecule has 46 heavy (non-hydrogen) atoms. The lowest BCUT2D eigenvalue weighted by Crippen LogP contribution is -2.62. The zero-order valence-corrected chi connectivity index (χ0v) is 27.6. The van der Waals surface area contributed by atoms with Gasteiger partial charge in [-0.15, -0.1) is 0 Å². The van der Waals surface area contributed by atoms with Crippen molar-refractivity contribution in [3.05, 3.63) is 63.5 Å². The standard InChI is InChI=1S/C36H45F3N6O/c1-23-25-12-11-13-27(29(25)37)36(38,39)24-19-33(2,3)45(34(4,5)20-24)17-10-8-6-7-9-16-44-31-26(30(43-23)41-22-42-31)18-28(32(44)46)35(21-40)14-15-35/h11-13,18,22-24H,6-10,14-17,19-20H2,1-5H3,(H,41,42,43)/t23-/m1/s1. The summed E-state index contributed by atoms with van der Waals surface area (Å²) in [6.07, 6.45) is 7.70. The third kappa shape index (κ3) is 5.59. The first-order chi connectivity index (χ1) is 21.7. The Kier molecular flexibility index (Phi) is 8.23. The van der Waals surface area contributed by atoms with Crippen LogP contribution < -0.4 is 10.9 Å². The van der Waals surface area contributed by atoms with Crippen molar-refractivity contribution in [2.75, 3.05) is 11.9 Å². The monoisotopic (exact) mass is 634 g/mol. The minimum Gasteiger partial charge on any atom is -0.363 e. The maximum atomic E-state index is 16.5. The lowest BCUT2D eigenvalue weighted by molar-refractivity contribution is -0.146. The van der Waals surface area contributed by atoms with Crippen LogP contribution in [0.15, 0.2) is 35.4 Å². The number of nitrogens with one attached hydrogen (secondary N) is 1. The van der Waals surface area contributed by atoms with Gasteiger partial charge < -0.3 is 5.32 Å². The molecule has 7 nitrogen and oxygen atoms in total. The second kappa shape index (κ2) is 11.7. The van der Waals surface area contributed by atoms with E-state index in [0.717, 1.165) is 38.6 Å². The number of hydrogen-bond acceptors (Lipinski definition) is 6. The van der Waals surface area contributed by atoms with E-state index in [9.17, 15) is 10.1 Å². The van der Waals surface area contributed by atoms with Crippen LogP contribution in [0.5, 0.6) is 0 Å². The predicted molar refractivity (Wildman–Crippen MR) is 173 cm³/mol. The molecule has 1 aromatic carbocycles. The Labute approximate surface area is 269 Å². The second-order valence-electron chi connectivity index (χ2n) is 15.0. The van der Waals surface area contributed by atoms with Gasteiger partial charge in [-0.25, -0.2) is 23.1 Å². The van der Waals surface area contributed by atoms with Crippen LogP contribution in [0.2, 0.25) is 0 Å². The molecule has 1 atom stereocenters. The van der Waals surface area contributed by atoms with E-state index in [1.807, 2.05) is 27.7 Å². The molecule has 0 unspecified atom stereocenters. The Bertz CT molecular complexity index is 1720. The second-order valence-corrected chi connectivity index (χ2v) is 15.0. The van der Waals surface area contributed by atoms with E-state index in [1.165, 1.54) is 24.5 Å². The van der Waals surface area contributed by atoms with Gasteiger partial charge in [0.2, 0.25) is 0 Å². The van der Waals surface area contributed by atoms with E-state index in [-0.39, 0.29) is 24.0 Å². The van der Waals surface area contributed by atoms with E-state index in [0.29, 0.717) is 41.8 Å². The van der Waals surface area contributed by atoms with Crippen LogP contribution in [-0.2, 0) is 17.9 Å². The van der Waals surface area contributed by atoms with Gasteiger partial charge in [-0.05, 0) is 85.8 Å². The SMILES string of the molecule is C[C@H]1Nc2ncnc3c2cc(C2(C#N)CC2)c(=O)n3CCCCCCCN2C(C)(C)CC(CC2(C)C)C(F)(F)c2cccc1c2F. The van der Waals surface area contributed by atoms with E-state index in [1.54, 1.807) is 17.6 Å². The number of nitriles is 1. The van der Waals surface area contributed by atoms with Crippen molar-refractivity contribution in [3.8, 4) is 6.07 Å². The number of aromatic nitrogens is 3. The quantitative estimate of drug-likeness (QED) is 0.292. The molecule has 8 bridgehead atoms. The molecule has 3 aliphatic heterocycles. The van der Waals surface area contributed by atoms with Crippen molar-refractivity contribution in [1.29, 1.82) is 5.26 Å². The van der Waals surface area contributed by atoms with Gasteiger partial charge >= 0.3 is 0 Å². The summed E-state index contributed by atoms with van der Waals surface area (Å²) in [5.41, 5.74) is -1.63. The molecule has 246 valence electrons. The number of fused-ring (bicyclic) bond motifs is 9. The average molecular weight is 635 g/mol. The first-order valence-corrected chi connectivity index (χ1v) is 16.7. The Balaban J connectivity index is 1.45. The molecule has 10 heteroatoms. The Hall–Kier alpha value is -3.45.